The summed E-state index contributed by atoms with van der Waals surface area (Å²) in [5.74, 6) is 0.824. The van der Waals surface area contributed by atoms with Crippen molar-refractivity contribution in [1.82, 2.24) is 10.2 Å². The lowest BCUT2D eigenvalue weighted by molar-refractivity contribution is 0.415. The molecule has 1 N–H and O–H groups in total. The van der Waals surface area contributed by atoms with Crippen molar-refractivity contribution >= 4 is 11.6 Å². The zero-order chi connectivity index (χ0) is 9.97. The third-order valence-electron chi connectivity index (χ3n) is 1.97. The molecule has 2 rings (SSSR count). The van der Waals surface area contributed by atoms with Crippen molar-refractivity contribution in [1.29, 1.82) is 0 Å². The minimum atomic E-state index is 0.621. The normalized spacial score (nSPS) is 10.1. The van der Waals surface area contributed by atoms with Crippen LogP contribution < -0.4 is 4.74 Å². The lowest BCUT2D eigenvalue weighted by atomic mass is 10.1. The topological polar surface area (TPSA) is 37.9 Å². The Morgan fingerprint density at radius 1 is 1.29 bits per heavy atom. The van der Waals surface area contributed by atoms with Gasteiger partial charge in [-0.3, -0.25) is 5.10 Å². The van der Waals surface area contributed by atoms with Crippen LogP contribution in [-0.4, -0.2) is 17.3 Å². The van der Waals surface area contributed by atoms with Crippen molar-refractivity contribution in [2.45, 2.75) is 0 Å². The number of nitrogens with zero attached hydrogens (tertiary/aromatic N) is 1. The summed E-state index contributed by atoms with van der Waals surface area (Å²) < 4.78 is 5.06. The predicted octanol–water partition coefficient (Wildman–Crippen LogP) is 2.74. The van der Waals surface area contributed by atoms with Gasteiger partial charge in [-0.15, -0.1) is 0 Å². The van der Waals surface area contributed by atoms with Crippen LogP contribution in [0.4, 0.5) is 0 Å². The molecule has 0 fully saturated rings. The van der Waals surface area contributed by atoms with E-state index in [9.17, 15) is 0 Å². The largest absolute Gasteiger partial charge is 0.497 e. The molecule has 1 aromatic carbocycles. The van der Waals surface area contributed by atoms with Gasteiger partial charge in [-0.2, -0.15) is 5.10 Å². The molecule has 14 heavy (non-hydrogen) atoms. The standard InChI is InChI=1S/C10H9ClN2O/c1-14-8-4-2-7(3-5-8)10-9(11)6-12-13-10/h2-6H,1H3,(H,12,13). The highest BCUT2D eigenvalue weighted by molar-refractivity contribution is 6.32. The van der Waals surface area contributed by atoms with Crippen LogP contribution in [0.25, 0.3) is 11.3 Å². The number of hydrogen-bond acceptors (Lipinski definition) is 2. The van der Waals surface area contributed by atoms with Crippen molar-refractivity contribution in [2.75, 3.05) is 7.11 Å². The van der Waals surface area contributed by atoms with Crippen LogP contribution in [0, 0.1) is 0 Å². The van der Waals surface area contributed by atoms with E-state index in [-0.39, 0.29) is 0 Å². The van der Waals surface area contributed by atoms with E-state index in [1.165, 1.54) is 0 Å². The molecular formula is C10H9ClN2O. The second-order valence-electron chi connectivity index (χ2n) is 2.82. The molecule has 1 heterocycles. The van der Waals surface area contributed by atoms with Gasteiger partial charge in [-0.25, -0.2) is 0 Å². The fraction of sp³-hybridized carbons (Fsp3) is 0.100. The summed E-state index contributed by atoms with van der Waals surface area (Å²) in [4.78, 5) is 0. The minimum absolute atomic E-state index is 0.621. The number of hydrogen-bond donors (Lipinski definition) is 1. The van der Waals surface area contributed by atoms with Crippen molar-refractivity contribution in [2.24, 2.45) is 0 Å². The molecule has 0 aliphatic carbocycles. The number of H-pyrrole nitrogens is 1. The smallest absolute Gasteiger partial charge is 0.118 e. The molecule has 0 spiro atoms. The van der Waals surface area contributed by atoms with E-state index < -0.39 is 0 Å². The Labute approximate surface area is 86.7 Å². The molecular weight excluding hydrogens is 200 g/mol. The average molecular weight is 209 g/mol. The average Bonchev–Trinajstić information content (AvgIpc) is 2.65. The molecule has 0 bridgehead atoms. The molecule has 2 aromatic rings. The Bertz CT molecular complexity index is 422. The highest BCUT2D eigenvalue weighted by Crippen LogP contribution is 2.26. The third kappa shape index (κ3) is 1.59. The van der Waals surface area contributed by atoms with E-state index in [0.717, 1.165) is 17.0 Å². The van der Waals surface area contributed by atoms with E-state index in [1.54, 1.807) is 13.3 Å². The number of aromatic amines is 1. The van der Waals surface area contributed by atoms with Crippen LogP contribution in [0.2, 0.25) is 5.02 Å². The van der Waals surface area contributed by atoms with Crippen molar-refractivity contribution in [3.63, 3.8) is 0 Å². The first-order valence-corrected chi connectivity index (χ1v) is 4.52. The molecule has 0 radical (unpaired) electrons. The second-order valence-corrected chi connectivity index (χ2v) is 3.23. The van der Waals surface area contributed by atoms with Crippen LogP contribution in [0.5, 0.6) is 5.75 Å². The first kappa shape index (κ1) is 9.09. The van der Waals surface area contributed by atoms with Crippen molar-refractivity contribution in [3.8, 4) is 17.0 Å². The van der Waals surface area contributed by atoms with E-state index in [4.69, 9.17) is 16.3 Å². The summed E-state index contributed by atoms with van der Waals surface area (Å²) in [6.07, 6.45) is 1.58. The van der Waals surface area contributed by atoms with Gasteiger partial charge in [0.2, 0.25) is 0 Å². The maximum Gasteiger partial charge on any atom is 0.118 e. The number of nitrogens with one attached hydrogen (secondary N) is 1. The van der Waals surface area contributed by atoms with Crippen LogP contribution in [0.1, 0.15) is 0 Å². The molecule has 0 aliphatic rings. The number of aromatic nitrogens is 2. The zero-order valence-electron chi connectivity index (χ0n) is 7.62. The summed E-state index contributed by atoms with van der Waals surface area (Å²) in [7, 11) is 1.64. The summed E-state index contributed by atoms with van der Waals surface area (Å²) >= 11 is 5.92. The van der Waals surface area contributed by atoms with Gasteiger partial charge < -0.3 is 4.74 Å². The highest BCUT2D eigenvalue weighted by atomic mass is 35.5. The first-order valence-electron chi connectivity index (χ1n) is 4.14. The Balaban J connectivity index is 2.39. The van der Waals surface area contributed by atoms with Gasteiger partial charge in [0.05, 0.1) is 24.0 Å². The lowest BCUT2D eigenvalue weighted by Crippen LogP contribution is -1.83. The molecule has 0 amide bonds. The third-order valence-corrected chi connectivity index (χ3v) is 2.26. The van der Waals surface area contributed by atoms with E-state index in [0.29, 0.717) is 5.02 Å². The fourth-order valence-electron chi connectivity index (χ4n) is 1.23. The molecule has 0 atom stereocenters. The van der Waals surface area contributed by atoms with Gasteiger partial charge in [0.25, 0.3) is 0 Å². The first-order chi connectivity index (χ1) is 6.81. The quantitative estimate of drug-likeness (QED) is 0.824. The van der Waals surface area contributed by atoms with Gasteiger partial charge in [0.15, 0.2) is 0 Å². The highest BCUT2D eigenvalue weighted by Gasteiger charge is 2.04. The summed E-state index contributed by atoms with van der Waals surface area (Å²) in [5, 5.41) is 7.31. The van der Waals surface area contributed by atoms with Crippen molar-refractivity contribution < 1.29 is 4.74 Å². The van der Waals surface area contributed by atoms with Crippen LogP contribution in [0.15, 0.2) is 30.5 Å². The lowest BCUT2D eigenvalue weighted by Gasteiger charge is -2.01. The minimum Gasteiger partial charge on any atom is -0.497 e. The van der Waals surface area contributed by atoms with Gasteiger partial charge in [0.1, 0.15) is 5.75 Å². The second kappa shape index (κ2) is 3.72. The number of halogens is 1. The Morgan fingerprint density at radius 3 is 2.50 bits per heavy atom. The predicted molar refractivity (Wildman–Crippen MR) is 55.6 cm³/mol. The Morgan fingerprint density at radius 2 is 2.00 bits per heavy atom. The Kier molecular flexibility index (Phi) is 2.41. The molecule has 72 valence electrons. The molecule has 0 saturated carbocycles. The van der Waals surface area contributed by atoms with E-state index in [1.807, 2.05) is 24.3 Å². The van der Waals surface area contributed by atoms with Gasteiger partial charge in [-0.1, -0.05) is 11.6 Å². The number of methoxy groups -OCH3 is 1. The summed E-state index contributed by atoms with van der Waals surface area (Å²) in [5.41, 5.74) is 1.82. The summed E-state index contributed by atoms with van der Waals surface area (Å²) in [6, 6.07) is 7.62. The zero-order valence-corrected chi connectivity index (χ0v) is 8.38. The van der Waals surface area contributed by atoms with Crippen LogP contribution in [0.3, 0.4) is 0 Å². The number of benzene rings is 1. The molecule has 4 heteroatoms. The van der Waals surface area contributed by atoms with E-state index in [2.05, 4.69) is 10.2 Å². The molecule has 0 aliphatic heterocycles. The summed E-state index contributed by atoms with van der Waals surface area (Å²) in [6.45, 7) is 0. The van der Waals surface area contributed by atoms with Crippen LogP contribution >= 0.6 is 11.6 Å². The fourth-order valence-corrected chi connectivity index (χ4v) is 1.43. The van der Waals surface area contributed by atoms with Gasteiger partial charge in [-0.05, 0) is 24.3 Å². The Hall–Kier alpha value is -1.48. The number of rotatable bonds is 2. The molecule has 0 saturated heterocycles. The monoisotopic (exact) mass is 208 g/mol. The molecule has 3 nitrogen and oxygen atoms in total. The number of ether oxygens (including phenoxy) is 1. The maximum absolute atomic E-state index is 5.92. The SMILES string of the molecule is COc1ccc(-c2[nH]ncc2Cl)cc1. The molecule has 1 aromatic heterocycles. The molecule has 0 unspecified atom stereocenters. The van der Waals surface area contributed by atoms with Gasteiger partial charge >= 0.3 is 0 Å². The van der Waals surface area contributed by atoms with Gasteiger partial charge in [0, 0.05) is 5.56 Å². The van der Waals surface area contributed by atoms with E-state index >= 15 is 0 Å². The van der Waals surface area contributed by atoms with Crippen LogP contribution in [-0.2, 0) is 0 Å². The van der Waals surface area contributed by atoms with Crippen molar-refractivity contribution in [3.05, 3.63) is 35.5 Å². The maximum atomic E-state index is 5.92.